The van der Waals surface area contributed by atoms with E-state index in [1.165, 1.54) is 5.56 Å². The maximum atomic E-state index is 13.2. The summed E-state index contributed by atoms with van der Waals surface area (Å²) in [5.74, 6) is -0.986. The Bertz CT molecular complexity index is 1440. The lowest BCUT2D eigenvalue weighted by Crippen LogP contribution is -2.37. The van der Waals surface area contributed by atoms with Gasteiger partial charge in [-0.25, -0.2) is 4.68 Å². The molecule has 0 fully saturated rings. The highest BCUT2D eigenvalue weighted by Crippen LogP contribution is 2.37. The number of benzene rings is 3. The Morgan fingerprint density at radius 2 is 1.89 bits per heavy atom. The molecule has 1 aromatic heterocycles. The maximum absolute atomic E-state index is 13.2. The van der Waals surface area contributed by atoms with Crippen LogP contribution in [0.15, 0.2) is 60.7 Å². The number of carbonyl (C=O) groups is 2. The molecule has 0 saturated carbocycles. The van der Waals surface area contributed by atoms with Gasteiger partial charge in [-0.2, -0.15) is 0 Å². The maximum Gasteiger partial charge on any atom is 0.304 e. The van der Waals surface area contributed by atoms with E-state index in [0.29, 0.717) is 18.7 Å². The second-order valence-corrected chi connectivity index (χ2v) is 9.61. The Hall–Kier alpha value is -4.00. The van der Waals surface area contributed by atoms with Gasteiger partial charge >= 0.3 is 5.97 Å². The molecule has 184 valence electrons. The third kappa shape index (κ3) is 4.26. The van der Waals surface area contributed by atoms with Crippen LogP contribution >= 0.6 is 0 Å². The fourth-order valence-electron chi connectivity index (χ4n) is 5.45. The molecule has 2 atom stereocenters. The van der Waals surface area contributed by atoms with Crippen molar-refractivity contribution >= 4 is 22.9 Å². The number of rotatable bonds is 6. The van der Waals surface area contributed by atoms with Gasteiger partial charge in [0, 0.05) is 31.1 Å². The number of aromatic nitrogens is 3. The van der Waals surface area contributed by atoms with E-state index in [9.17, 15) is 14.7 Å². The Labute approximate surface area is 210 Å². The topological polar surface area (TPSA) is 88.3 Å². The summed E-state index contributed by atoms with van der Waals surface area (Å²) in [5.41, 5.74) is 7.53. The van der Waals surface area contributed by atoms with E-state index in [1.54, 1.807) is 0 Å². The van der Waals surface area contributed by atoms with Crippen LogP contribution in [0.3, 0.4) is 0 Å². The van der Waals surface area contributed by atoms with E-state index in [0.717, 1.165) is 39.8 Å². The second kappa shape index (κ2) is 9.57. The third-order valence-corrected chi connectivity index (χ3v) is 7.30. The van der Waals surface area contributed by atoms with E-state index < -0.39 is 5.97 Å². The summed E-state index contributed by atoms with van der Waals surface area (Å²) in [4.78, 5) is 27.0. The van der Waals surface area contributed by atoms with E-state index in [1.807, 2.05) is 72.0 Å². The van der Waals surface area contributed by atoms with Gasteiger partial charge < -0.3 is 10.0 Å². The molecule has 7 heteroatoms. The van der Waals surface area contributed by atoms with Gasteiger partial charge in [0.25, 0.3) is 5.91 Å². The average molecular weight is 483 g/mol. The Balaban J connectivity index is 1.53. The van der Waals surface area contributed by atoms with Crippen LogP contribution in [0.4, 0.5) is 0 Å². The van der Waals surface area contributed by atoms with Crippen LogP contribution < -0.4 is 0 Å². The van der Waals surface area contributed by atoms with Crippen molar-refractivity contribution in [3.05, 3.63) is 94.0 Å². The lowest BCUT2D eigenvalue weighted by Gasteiger charge is -2.34. The van der Waals surface area contributed by atoms with Gasteiger partial charge in [-0.15, -0.1) is 5.10 Å². The van der Waals surface area contributed by atoms with Crippen LogP contribution in [-0.2, 0) is 17.9 Å². The molecule has 0 spiro atoms. The molecule has 0 bridgehead atoms. The molecule has 36 heavy (non-hydrogen) atoms. The van der Waals surface area contributed by atoms with Gasteiger partial charge in [0.15, 0.2) is 0 Å². The van der Waals surface area contributed by atoms with Crippen LogP contribution in [0.2, 0.25) is 0 Å². The van der Waals surface area contributed by atoms with Crippen molar-refractivity contribution in [2.24, 2.45) is 0 Å². The number of hydrogen-bond donors (Lipinski definition) is 1. The van der Waals surface area contributed by atoms with Crippen molar-refractivity contribution in [1.29, 1.82) is 0 Å². The van der Waals surface area contributed by atoms with Crippen molar-refractivity contribution < 1.29 is 14.7 Å². The second-order valence-electron chi connectivity index (χ2n) is 9.61. The summed E-state index contributed by atoms with van der Waals surface area (Å²) in [6, 6.07) is 19.6. The smallest absolute Gasteiger partial charge is 0.304 e. The quantitative estimate of drug-likeness (QED) is 0.412. The largest absolute Gasteiger partial charge is 0.481 e. The summed E-state index contributed by atoms with van der Waals surface area (Å²) >= 11 is 0. The normalized spacial score (nSPS) is 16.1. The monoisotopic (exact) mass is 482 g/mol. The Morgan fingerprint density at radius 1 is 1.11 bits per heavy atom. The number of carboxylic acid groups (broad SMARTS) is 1. The minimum absolute atomic E-state index is 0.0147. The highest BCUT2D eigenvalue weighted by molar-refractivity contribution is 5.94. The first-order chi connectivity index (χ1) is 17.4. The standard InChI is InChI=1S/C29H30N4O3/c1-4-33-26-13-12-24(19(3)28(26)30-31-33)25(15-27(34)35)21-10-11-23-18(2)16-32(17-22(23)14-21)29(36)20-8-6-5-7-9-20/h5-14,18,25H,4,15-17H2,1-3H3,(H,34,35). The zero-order chi connectivity index (χ0) is 25.4. The molecule has 2 heterocycles. The van der Waals surface area contributed by atoms with Crippen molar-refractivity contribution in [1.82, 2.24) is 19.9 Å². The van der Waals surface area contributed by atoms with Gasteiger partial charge in [-0.1, -0.05) is 54.6 Å². The molecule has 0 saturated heterocycles. The van der Waals surface area contributed by atoms with Crippen molar-refractivity contribution in [3.63, 3.8) is 0 Å². The molecular weight excluding hydrogens is 452 g/mol. The molecule has 1 amide bonds. The van der Waals surface area contributed by atoms with Gasteiger partial charge in [0.1, 0.15) is 5.52 Å². The Kier molecular flexibility index (Phi) is 6.31. The van der Waals surface area contributed by atoms with Crippen molar-refractivity contribution in [2.45, 2.75) is 52.1 Å². The first-order valence-electron chi connectivity index (χ1n) is 12.4. The van der Waals surface area contributed by atoms with Gasteiger partial charge in [-0.3, -0.25) is 9.59 Å². The molecule has 1 aliphatic rings. The number of amides is 1. The molecular formula is C29H30N4O3. The van der Waals surface area contributed by atoms with E-state index in [-0.39, 0.29) is 24.2 Å². The fourth-order valence-corrected chi connectivity index (χ4v) is 5.45. The molecule has 1 aliphatic heterocycles. The number of aryl methyl sites for hydroxylation is 2. The predicted molar refractivity (Wildman–Crippen MR) is 138 cm³/mol. The third-order valence-electron chi connectivity index (χ3n) is 7.30. The van der Waals surface area contributed by atoms with E-state index in [2.05, 4.69) is 29.4 Å². The molecule has 0 radical (unpaired) electrons. The first-order valence-corrected chi connectivity index (χ1v) is 12.4. The fraction of sp³-hybridized carbons (Fsp3) is 0.310. The number of hydrogen-bond acceptors (Lipinski definition) is 4. The molecule has 0 aliphatic carbocycles. The van der Waals surface area contributed by atoms with Crippen molar-refractivity contribution in [2.75, 3.05) is 6.54 Å². The van der Waals surface area contributed by atoms with E-state index in [4.69, 9.17) is 0 Å². The van der Waals surface area contributed by atoms with Gasteiger partial charge in [-0.05, 0) is 65.8 Å². The molecule has 3 aromatic carbocycles. The number of fused-ring (bicyclic) bond motifs is 2. The van der Waals surface area contributed by atoms with Crippen LogP contribution in [0, 0.1) is 6.92 Å². The zero-order valence-corrected chi connectivity index (χ0v) is 20.8. The summed E-state index contributed by atoms with van der Waals surface area (Å²) in [7, 11) is 0. The summed E-state index contributed by atoms with van der Waals surface area (Å²) in [6.45, 7) is 8.01. The summed E-state index contributed by atoms with van der Waals surface area (Å²) in [5, 5.41) is 18.4. The lowest BCUT2D eigenvalue weighted by molar-refractivity contribution is -0.137. The SMILES string of the molecule is CCn1nnc2c(C)c(C(CC(=O)O)c3ccc4c(c3)CN(C(=O)c3ccccc3)CC4C)ccc21. The number of carboxylic acids is 1. The molecule has 2 unspecified atom stereocenters. The highest BCUT2D eigenvalue weighted by Gasteiger charge is 2.28. The summed E-state index contributed by atoms with van der Waals surface area (Å²) < 4.78 is 1.84. The van der Waals surface area contributed by atoms with Gasteiger partial charge in [0.2, 0.25) is 0 Å². The highest BCUT2D eigenvalue weighted by atomic mass is 16.4. The molecule has 1 N–H and O–H groups in total. The lowest BCUT2D eigenvalue weighted by atomic mass is 9.82. The van der Waals surface area contributed by atoms with Crippen LogP contribution in [0.5, 0.6) is 0 Å². The summed E-state index contributed by atoms with van der Waals surface area (Å²) in [6.07, 6.45) is -0.0325. The minimum Gasteiger partial charge on any atom is -0.481 e. The Morgan fingerprint density at radius 3 is 2.61 bits per heavy atom. The average Bonchev–Trinajstić information content (AvgIpc) is 3.31. The zero-order valence-electron chi connectivity index (χ0n) is 20.8. The van der Waals surface area contributed by atoms with Crippen LogP contribution in [0.1, 0.15) is 70.3 Å². The minimum atomic E-state index is -0.858. The van der Waals surface area contributed by atoms with Crippen LogP contribution in [-0.4, -0.2) is 43.4 Å². The molecule has 5 rings (SSSR count). The molecule has 4 aromatic rings. The molecule has 7 nitrogen and oxygen atoms in total. The first kappa shape index (κ1) is 23.7. The number of carbonyl (C=O) groups excluding carboxylic acids is 1. The van der Waals surface area contributed by atoms with E-state index >= 15 is 0 Å². The van der Waals surface area contributed by atoms with Gasteiger partial charge in [0.05, 0.1) is 11.9 Å². The predicted octanol–water partition coefficient (Wildman–Crippen LogP) is 5.13. The van der Waals surface area contributed by atoms with Crippen LogP contribution in [0.25, 0.3) is 11.0 Å². The number of nitrogens with zero attached hydrogens (tertiary/aromatic N) is 4. The number of aliphatic carboxylic acids is 1. The van der Waals surface area contributed by atoms with Crippen molar-refractivity contribution in [3.8, 4) is 0 Å².